The lowest BCUT2D eigenvalue weighted by molar-refractivity contribution is -0.244. The summed E-state index contributed by atoms with van der Waals surface area (Å²) in [7, 11) is -1.10. The molecule has 1 saturated heterocycles. The fourth-order valence-corrected chi connectivity index (χ4v) is 9.28. The molecule has 60 heavy (non-hydrogen) atoms. The molecular weight excluding hydrogens is 812 g/mol. The van der Waals surface area contributed by atoms with Gasteiger partial charge in [0.15, 0.2) is 0 Å². The zero-order chi connectivity index (χ0) is 44.0. The number of fused-ring (bicyclic) bond motifs is 3. The Balaban J connectivity index is 1.38. The van der Waals surface area contributed by atoms with Gasteiger partial charge in [-0.05, 0) is 89.3 Å². The number of hydrogen-bond donors (Lipinski definition) is 3. The van der Waals surface area contributed by atoms with Gasteiger partial charge in [-0.25, -0.2) is 18.2 Å². The summed E-state index contributed by atoms with van der Waals surface area (Å²) in [6.45, 7) is 6.44. The van der Waals surface area contributed by atoms with Crippen LogP contribution in [0.2, 0.25) is 0 Å². The van der Waals surface area contributed by atoms with Crippen molar-refractivity contribution < 1.29 is 59.7 Å². The van der Waals surface area contributed by atoms with E-state index in [0.717, 1.165) is 0 Å². The van der Waals surface area contributed by atoms with E-state index in [1.807, 2.05) is 13.0 Å². The van der Waals surface area contributed by atoms with Gasteiger partial charge in [0.05, 0.1) is 31.7 Å². The molecule has 2 saturated carbocycles. The van der Waals surface area contributed by atoms with Gasteiger partial charge in [0.1, 0.15) is 35.2 Å². The maximum absolute atomic E-state index is 14.9. The number of halogens is 3. The number of nitrogens with one attached hydrogen (secondary N) is 3. The second-order valence-electron chi connectivity index (χ2n) is 17.2. The van der Waals surface area contributed by atoms with E-state index >= 15 is 0 Å². The Morgan fingerprint density at radius 3 is 2.43 bits per heavy atom. The van der Waals surface area contributed by atoms with Crippen molar-refractivity contribution in [3.05, 3.63) is 36.5 Å². The number of hydrogen-bond acceptors (Lipinski definition) is 11. The Bertz CT molecular complexity index is 2150. The van der Waals surface area contributed by atoms with Crippen LogP contribution >= 0.6 is 0 Å². The molecule has 19 heteroatoms. The quantitative estimate of drug-likeness (QED) is 0.262. The zero-order valence-corrected chi connectivity index (χ0v) is 35.6. The molecule has 15 nitrogen and oxygen atoms in total. The minimum absolute atomic E-state index is 0.0422. The third kappa shape index (κ3) is 8.96. The second kappa shape index (κ2) is 16.6. The van der Waals surface area contributed by atoms with Gasteiger partial charge in [-0.1, -0.05) is 32.4 Å². The van der Waals surface area contributed by atoms with Gasteiger partial charge >= 0.3 is 12.3 Å². The number of rotatable bonds is 10. The van der Waals surface area contributed by atoms with Crippen molar-refractivity contribution in [2.75, 3.05) is 20.8 Å². The molecule has 7 atom stereocenters. The number of carbonyl (C=O) groups excluding carboxylic acids is 4. The summed E-state index contributed by atoms with van der Waals surface area (Å²) in [4.78, 5) is 62.4. The summed E-state index contributed by atoms with van der Waals surface area (Å²) in [5.41, 5.74) is -4.55. The summed E-state index contributed by atoms with van der Waals surface area (Å²) in [6, 6.07) is 2.36. The Labute approximate surface area is 347 Å². The first kappa shape index (κ1) is 44.7. The number of methoxy groups -OCH3 is 2. The lowest BCUT2D eigenvalue weighted by Gasteiger charge is -2.35. The first-order valence-electron chi connectivity index (χ1n) is 20.2. The molecule has 3 N–H and O–H groups in total. The maximum atomic E-state index is 14.9. The fourth-order valence-electron chi connectivity index (χ4n) is 7.97. The van der Waals surface area contributed by atoms with Crippen LogP contribution in [0.1, 0.15) is 86.0 Å². The standard InChI is InChI=1S/C41H54F3N5O10S/c1-8-24-17-23(2)11-9-10-12-25-20-40(25,36(52)48-60(54,55)39(5)15-16-39)47-33(50)30-19-27(58-34-28-14-13-26(56-6)18-29(28)31(57-7)21-45-34)22-49(30)35(51)32(24)46-37(53)59-38(3,4)41(42,43)44/h10,12-14,18,21,23-25,27,30,32H,8-9,11,15-17,19-20,22H2,1-7H3,(H,46,53)(H,47,50)(H,48,52)/b12-10-/t23-,24-,25-,27-,30+,32+,40-/m1/s1. The van der Waals surface area contributed by atoms with Gasteiger partial charge < -0.3 is 34.5 Å². The molecule has 2 aliphatic carbocycles. The number of alkyl halides is 3. The molecule has 1 aromatic heterocycles. The molecule has 2 aromatic rings. The van der Waals surface area contributed by atoms with E-state index in [0.29, 0.717) is 74.6 Å². The average Bonchev–Trinajstić information content (AvgIpc) is 4.06. The zero-order valence-electron chi connectivity index (χ0n) is 34.8. The summed E-state index contributed by atoms with van der Waals surface area (Å²) in [6.07, 6.45) is 0.373. The van der Waals surface area contributed by atoms with Gasteiger partial charge in [-0.2, -0.15) is 13.2 Å². The molecule has 1 aromatic carbocycles. The van der Waals surface area contributed by atoms with E-state index in [1.54, 1.807) is 31.2 Å². The van der Waals surface area contributed by atoms with Gasteiger partial charge in [0, 0.05) is 23.1 Å². The predicted octanol–water partition coefficient (Wildman–Crippen LogP) is 5.31. The van der Waals surface area contributed by atoms with Crippen molar-refractivity contribution in [2.24, 2.45) is 17.8 Å². The SMILES string of the molecule is CC[C@@H]1C[C@H](C)CC/C=C\[C@@H]2C[C@@]2(C(=O)NS(=O)(=O)C2(C)CC2)NC(=O)[C@@H]2C[C@@H](Oc3ncc(OC)c4cc(OC)ccc34)CN2C(=O)[C@H]1NC(=O)OC(C)(C)C(F)(F)F. The normalized spacial score (nSPS) is 28.8. The molecule has 4 amide bonds. The third-order valence-electron chi connectivity index (χ3n) is 12.4. The average molecular weight is 866 g/mol. The van der Waals surface area contributed by atoms with E-state index in [2.05, 4.69) is 20.3 Å². The van der Waals surface area contributed by atoms with Crippen molar-refractivity contribution in [3.8, 4) is 17.4 Å². The molecule has 0 radical (unpaired) electrons. The number of allylic oxidation sites excluding steroid dienone is 1. The predicted molar refractivity (Wildman–Crippen MR) is 213 cm³/mol. The second-order valence-corrected chi connectivity index (χ2v) is 19.4. The number of pyridine rings is 1. The summed E-state index contributed by atoms with van der Waals surface area (Å²) in [5, 5.41) is 6.36. The number of amides is 4. The molecule has 6 rings (SSSR count). The van der Waals surface area contributed by atoms with Crippen LogP contribution in [0.25, 0.3) is 10.8 Å². The maximum Gasteiger partial charge on any atom is 0.427 e. The number of aromatic nitrogens is 1. The third-order valence-corrected chi connectivity index (χ3v) is 14.6. The molecule has 0 spiro atoms. The monoisotopic (exact) mass is 865 g/mol. The number of ether oxygens (including phenoxy) is 4. The van der Waals surface area contributed by atoms with Gasteiger partial charge in [-0.15, -0.1) is 0 Å². The smallest absolute Gasteiger partial charge is 0.427 e. The van der Waals surface area contributed by atoms with E-state index in [-0.39, 0.29) is 31.2 Å². The Hall–Kier alpha value is -4.81. The number of sulfonamides is 1. The van der Waals surface area contributed by atoms with Gasteiger partial charge in [0.2, 0.25) is 33.3 Å². The van der Waals surface area contributed by atoms with Gasteiger partial charge in [0.25, 0.3) is 5.91 Å². The van der Waals surface area contributed by atoms with Crippen LogP contribution in [-0.2, 0) is 29.1 Å². The van der Waals surface area contributed by atoms with Gasteiger partial charge in [-0.3, -0.25) is 19.1 Å². The highest BCUT2D eigenvalue weighted by Crippen LogP contribution is 2.48. The molecule has 4 aliphatic rings. The lowest BCUT2D eigenvalue weighted by atomic mass is 9.85. The van der Waals surface area contributed by atoms with Crippen LogP contribution in [0.5, 0.6) is 17.4 Å². The van der Waals surface area contributed by atoms with Crippen molar-refractivity contribution in [1.82, 2.24) is 25.2 Å². The molecule has 2 aliphatic heterocycles. The van der Waals surface area contributed by atoms with Crippen LogP contribution in [0.3, 0.4) is 0 Å². The van der Waals surface area contributed by atoms with E-state index in [1.165, 1.54) is 32.2 Å². The number of alkyl carbamates (subject to hydrolysis) is 1. The highest BCUT2D eigenvalue weighted by molar-refractivity contribution is 7.91. The van der Waals surface area contributed by atoms with E-state index < -0.39 is 85.9 Å². The molecule has 3 fully saturated rings. The fraction of sp³-hybridized carbons (Fsp3) is 0.634. The van der Waals surface area contributed by atoms with Crippen LogP contribution in [0.15, 0.2) is 36.5 Å². The number of carbonyl (C=O) groups is 4. The lowest BCUT2D eigenvalue weighted by Crippen LogP contribution is -2.60. The van der Waals surface area contributed by atoms with E-state index in [9.17, 15) is 40.8 Å². The Morgan fingerprint density at radius 1 is 1.08 bits per heavy atom. The van der Waals surface area contributed by atoms with Crippen LogP contribution < -0.4 is 29.6 Å². The van der Waals surface area contributed by atoms with Crippen LogP contribution in [0, 0.1) is 17.8 Å². The Kier molecular flexibility index (Phi) is 12.4. The topological polar surface area (TPSA) is 192 Å². The summed E-state index contributed by atoms with van der Waals surface area (Å²) < 4.78 is 91.2. The van der Waals surface area contributed by atoms with Crippen LogP contribution in [-0.4, -0.2) is 103 Å². The van der Waals surface area contributed by atoms with Crippen molar-refractivity contribution in [2.45, 2.75) is 126 Å². The molecule has 0 unspecified atom stereocenters. The van der Waals surface area contributed by atoms with Crippen molar-refractivity contribution in [1.29, 1.82) is 0 Å². The first-order chi connectivity index (χ1) is 28.1. The highest BCUT2D eigenvalue weighted by Gasteiger charge is 2.63. The molecule has 3 heterocycles. The Morgan fingerprint density at radius 2 is 1.80 bits per heavy atom. The summed E-state index contributed by atoms with van der Waals surface area (Å²) >= 11 is 0. The van der Waals surface area contributed by atoms with Crippen molar-refractivity contribution >= 4 is 44.6 Å². The minimum Gasteiger partial charge on any atom is -0.497 e. The van der Waals surface area contributed by atoms with Crippen molar-refractivity contribution in [3.63, 3.8) is 0 Å². The largest absolute Gasteiger partial charge is 0.497 e. The van der Waals surface area contributed by atoms with E-state index in [4.69, 9.17) is 18.9 Å². The highest BCUT2D eigenvalue weighted by atomic mass is 32.2. The number of nitrogens with zero attached hydrogens (tertiary/aromatic N) is 2. The first-order valence-corrected chi connectivity index (χ1v) is 21.7. The molecular formula is C41H54F3N5O10S. The van der Waals surface area contributed by atoms with Crippen LogP contribution in [0.4, 0.5) is 18.0 Å². The number of benzene rings is 1. The minimum atomic E-state index is -4.92. The molecule has 0 bridgehead atoms. The molecule has 330 valence electrons. The summed E-state index contributed by atoms with van der Waals surface area (Å²) in [5.74, 6) is -2.56.